The summed E-state index contributed by atoms with van der Waals surface area (Å²) in [4.78, 5) is 12.0. The maximum absolute atomic E-state index is 12.0. The maximum atomic E-state index is 12.0. The summed E-state index contributed by atoms with van der Waals surface area (Å²) < 4.78 is 5.32. The standard InChI is InChI=1S/C19H18N2O2/c1-13-4-8-15(9-5-13)18-12-17(19(22)23-18)20-21(3)16-10-6-14(2)7-11-16/h4-12H,1-3H3/b20-17+. The van der Waals surface area contributed by atoms with Crippen LogP contribution in [0.1, 0.15) is 16.7 Å². The van der Waals surface area contributed by atoms with Crippen molar-refractivity contribution in [3.05, 3.63) is 71.3 Å². The van der Waals surface area contributed by atoms with E-state index in [-0.39, 0.29) is 0 Å². The van der Waals surface area contributed by atoms with Gasteiger partial charge in [0.15, 0.2) is 5.71 Å². The number of rotatable bonds is 3. The van der Waals surface area contributed by atoms with Gasteiger partial charge < -0.3 is 4.74 Å². The molecule has 0 N–H and O–H groups in total. The van der Waals surface area contributed by atoms with E-state index in [0.717, 1.165) is 16.8 Å². The zero-order chi connectivity index (χ0) is 16.4. The lowest BCUT2D eigenvalue weighted by Crippen LogP contribution is -2.16. The number of esters is 1. The summed E-state index contributed by atoms with van der Waals surface area (Å²) in [5, 5.41) is 6.02. The third-order valence-electron chi connectivity index (χ3n) is 3.68. The molecule has 0 unspecified atom stereocenters. The first-order valence-electron chi connectivity index (χ1n) is 7.43. The van der Waals surface area contributed by atoms with Crippen LogP contribution in [0.15, 0.2) is 59.7 Å². The van der Waals surface area contributed by atoms with Crippen molar-refractivity contribution in [1.29, 1.82) is 0 Å². The van der Waals surface area contributed by atoms with Crippen LogP contribution in [0.5, 0.6) is 0 Å². The molecule has 2 aromatic carbocycles. The monoisotopic (exact) mass is 306 g/mol. The molecule has 1 aliphatic rings. The minimum atomic E-state index is -0.431. The van der Waals surface area contributed by atoms with E-state index in [2.05, 4.69) is 5.10 Å². The zero-order valence-corrected chi connectivity index (χ0v) is 13.4. The first-order valence-corrected chi connectivity index (χ1v) is 7.43. The number of nitrogens with zero attached hydrogens (tertiary/aromatic N) is 2. The van der Waals surface area contributed by atoms with Gasteiger partial charge in [0.25, 0.3) is 0 Å². The Kier molecular flexibility index (Phi) is 3.98. The lowest BCUT2D eigenvalue weighted by Gasteiger charge is -2.13. The van der Waals surface area contributed by atoms with Crippen molar-refractivity contribution in [2.24, 2.45) is 5.10 Å². The lowest BCUT2D eigenvalue weighted by atomic mass is 10.1. The molecule has 0 fully saturated rings. The molecule has 4 heteroatoms. The van der Waals surface area contributed by atoms with Crippen LogP contribution in [0, 0.1) is 13.8 Å². The van der Waals surface area contributed by atoms with Crippen molar-refractivity contribution in [2.75, 3.05) is 12.1 Å². The Labute approximate surface area is 135 Å². The Morgan fingerprint density at radius 2 is 1.48 bits per heavy atom. The van der Waals surface area contributed by atoms with Crippen LogP contribution in [0.4, 0.5) is 5.69 Å². The highest BCUT2D eigenvalue weighted by Crippen LogP contribution is 2.23. The Balaban J connectivity index is 1.85. The van der Waals surface area contributed by atoms with Crippen LogP contribution in [-0.4, -0.2) is 18.7 Å². The minimum Gasteiger partial charge on any atom is -0.421 e. The van der Waals surface area contributed by atoms with E-state index < -0.39 is 5.97 Å². The molecule has 0 bridgehead atoms. The molecule has 0 radical (unpaired) electrons. The Bertz CT molecular complexity index is 787. The van der Waals surface area contributed by atoms with E-state index in [1.165, 1.54) is 5.56 Å². The van der Waals surface area contributed by atoms with E-state index in [4.69, 9.17) is 4.74 Å². The molecule has 1 heterocycles. The highest BCUT2D eigenvalue weighted by Gasteiger charge is 2.24. The molecule has 0 saturated carbocycles. The normalized spacial score (nSPS) is 15.5. The average Bonchev–Trinajstić information content (AvgIpc) is 2.89. The molecule has 1 aliphatic heterocycles. The predicted molar refractivity (Wildman–Crippen MR) is 92.3 cm³/mol. The summed E-state index contributed by atoms with van der Waals surface area (Å²) in [5.74, 6) is 0.102. The van der Waals surface area contributed by atoms with Crippen LogP contribution in [-0.2, 0) is 9.53 Å². The van der Waals surface area contributed by atoms with Crippen molar-refractivity contribution >= 4 is 23.1 Å². The second kappa shape index (κ2) is 6.08. The van der Waals surface area contributed by atoms with Crippen LogP contribution >= 0.6 is 0 Å². The molecule has 0 amide bonds. The number of ether oxygens (including phenoxy) is 1. The average molecular weight is 306 g/mol. The molecule has 23 heavy (non-hydrogen) atoms. The number of cyclic esters (lactones) is 1. The zero-order valence-electron chi connectivity index (χ0n) is 13.4. The number of carbonyl (C=O) groups excluding carboxylic acids is 1. The van der Waals surface area contributed by atoms with Gasteiger partial charge in [0.2, 0.25) is 0 Å². The number of hydrogen-bond acceptors (Lipinski definition) is 4. The molecule has 4 nitrogen and oxygen atoms in total. The number of hydrogen-bond donors (Lipinski definition) is 0. The Hall–Kier alpha value is -2.88. The topological polar surface area (TPSA) is 41.9 Å². The van der Waals surface area contributed by atoms with E-state index in [9.17, 15) is 4.79 Å². The molecule has 0 saturated heterocycles. The van der Waals surface area contributed by atoms with Crippen molar-refractivity contribution in [1.82, 2.24) is 0 Å². The number of hydrazone groups is 1. The third-order valence-corrected chi connectivity index (χ3v) is 3.68. The van der Waals surface area contributed by atoms with Crippen LogP contribution in [0.3, 0.4) is 0 Å². The molecule has 0 aromatic heterocycles. The quantitative estimate of drug-likeness (QED) is 0.641. The van der Waals surface area contributed by atoms with Gasteiger partial charge in [-0.15, -0.1) is 0 Å². The molecule has 3 rings (SSSR count). The van der Waals surface area contributed by atoms with Crippen molar-refractivity contribution in [3.63, 3.8) is 0 Å². The summed E-state index contributed by atoms with van der Waals surface area (Å²) >= 11 is 0. The second-order valence-corrected chi connectivity index (χ2v) is 5.61. The first kappa shape index (κ1) is 15.0. The van der Waals surface area contributed by atoms with E-state index in [1.54, 1.807) is 11.1 Å². The summed E-state index contributed by atoms with van der Waals surface area (Å²) in [6.45, 7) is 4.04. The summed E-state index contributed by atoms with van der Waals surface area (Å²) in [6.07, 6.45) is 1.68. The van der Waals surface area contributed by atoms with Crippen LogP contribution in [0.25, 0.3) is 5.76 Å². The SMILES string of the molecule is Cc1ccc(C2=C/C(=N\N(C)c3ccc(C)cc3)C(=O)O2)cc1. The van der Waals surface area contributed by atoms with Gasteiger partial charge in [-0.25, -0.2) is 4.79 Å². The smallest absolute Gasteiger partial charge is 0.364 e. The number of carbonyl (C=O) groups is 1. The summed E-state index contributed by atoms with van der Waals surface area (Å²) in [7, 11) is 1.81. The van der Waals surface area contributed by atoms with Gasteiger partial charge in [0.1, 0.15) is 5.76 Å². The molecular formula is C19H18N2O2. The Morgan fingerprint density at radius 3 is 2.09 bits per heavy atom. The van der Waals surface area contributed by atoms with Crippen LogP contribution in [0.2, 0.25) is 0 Å². The Morgan fingerprint density at radius 1 is 0.913 bits per heavy atom. The van der Waals surface area contributed by atoms with E-state index in [0.29, 0.717) is 11.5 Å². The molecular weight excluding hydrogens is 288 g/mol. The summed E-state index contributed by atoms with van der Waals surface area (Å²) in [6, 6.07) is 15.8. The van der Waals surface area contributed by atoms with Gasteiger partial charge in [0.05, 0.1) is 5.69 Å². The van der Waals surface area contributed by atoms with Gasteiger partial charge in [0, 0.05) is 18.7 Å². The molecule has 2 aromatic rings. The molecule has 0 spiro atoms. The van der Waals surface area contributed by atoms with Gasteiger partial charge >= 0.3 is 5.97 Å². The maximum Gasteiger partial charge on any atom is 0.364 e. The third kappa shape index (κ3) is 3.31. The van der Waals surface area contributed by atoms with Crippen molar-refractivity contribution in [2.45, 2.75) is 13.8 Å². The highest BCUT2D eigenvalue weighted by molar-refractivity contribution is 6.45. The van der Waals surface area contributed by atoms with Gasteiger partial charge in [-0.3, -0.25) is 5.01 Å². The highest BCUT2D eigenvalue weighted by atomic mass is 16.5. The second-order valence-electron chi connectivity index (χ2n) is 5.61. The minimum absolute atomic E-state index is 0.295. The van der Waals surface area contributed by atoms with Gasteiger partial charge in [-0.2, -0.15) is 5.10 Å². The predicted octanol–water partition coefficient (Wildman–Crippen LogP) is 3.69. The fraction of sp³-hybridized carbons (Fsp3) is 0.158. The first-order chi connectivity index (χ1) is 11.0. The van der Waals surface area contributed by atoms with Gasteiger partial charge in [-0.05, 0) is 26.0 Å². The lowest BCUT2D eigenvalue weighted by molar-refractivity contribution is -0.128. The van der Waals surface area contributed by atoms with Crippen LogP contribution < -0.4 is 5.01 Å². The van der Waals surface area contributed by atoms with E-state index in [1.807, 2.05) is 69.4 Å². The fourth-order valence-electron chi connectivity index (χ4n) is 2.27. The number of benzene rings is 2. The van der Waals surface area contributed by atoms with E-state index >= 15 is 0 Å². The van der Waals surface area contributed by atoms with Crippen molar-refractivity contribution in [3.8, 4) is 0 Å². The molecule has 116 valence electrons. The largest absolute Gasteiger partial charge is 0.421 e. The van der Waals surface area contributed by atoms with Crippen molar-refractivity contribution < 1.29 is 9.53 Å². The molecule has 0 atom stereocenters. The fourth-order valence-corrected chi connectivity index (χ4v) is 2.27. The number of anilines is 1. The van der Waals surface area contributed by atoms with Gasteiger partial charge in [-0.1, -0.05) is 47.5 Å². The molecule has 0 aliphatic carbocycles. The number of aryl methyl sites for hydroxylation is 2. The summed E-state index contributed by atoms with van der Waals surface area (Å²) in [5.41, 5.74) is 4.41.